The van der Waals surface area contributed by atoms with Crippen molar-refractivity contribution in [3.63, 3.8) is 0 Å². The molecule has 582 valence electrons. The molecule has 2 aliphatic rings. The predicted octanol–water partition coefficient (Wildman–Crippen LogP) is 12.1. The molecule has 0 spiro atoms. The summed E-state index contributed by atoms with van der Waals surface area (Å²) in [6.45, 7) is 47.8. The zero-order valence-corrected chi connectivity index (χ0v) is 68.2. The molecular formula is C80H120N10O14Si2. The van der Waals surface area contributed by atoms with Gasteiger partial charge in [0.05, 0.1) is 23.4 Å². The molecule has 24 nitrogen and oxygen atoms in total. The van der Waals surface area contributed by atoms with Gasteiger partial charge in [0.2, 0.25) is 34.4 Å². The topological polar surface area (TPSA) is 296 Å². The summed E-state index contributed by atoms with van der Waals surface area (Å²) in [6.07, 6.45) is 10.9. The Morgan fingerprint density at radius 2 is 1.00 bits per heavy atom. The Balaban J connectivity index is 0.000000382. The lowest BCUT2D eigenvalue weighted by molar-refractivity contribution is -0.155. The monoisotopic (exact) mass is 1500 g/mol. The van der Waals surface area contributed by atoms with E-state index in [0.717, 1.165) is 22.3 Å². The van der Waals surface area contributed by atoms with E-state index in [0.29, 0.717) is 74.5 Å². The molecule has 4 heterocycles. The van der Waals surface area contributed by atoms with Gasteiger partial charge < -0.3 is 49.1 Å². The number of alkyl carbamates (subject to hydrolysis) is 1. The van der Waals surface area contributed by atoms with E-state index in [1.807, 2.05) is 62.4 Å². The molecule has 4 aromatic rings. The third kappa shape index (κ3) is 27.3. The Kier molecular flexibility index (Phi) is 33.1. The van der Waals surface area contributed by atoms with Crippen LogP contribution < -0.4 is 41.0 Å². The molecule has 0 saturated carbocycles. The van der Waals surface area contributed by atoms with E-state index in [1.54, 1.807) is 104 Å². The number of rotatable bonds is 32. The number of carbonyl (C=O) groups excluding carboxylic acids is 8. The number of methoxy groups -OCH3 is 1. The van der Waals surface area contributed by atoms with Crippen molar-refractivity contribution in [1.82, 2.24) is 52.1 Å². The van der Waals surface area contributed by atoms with Crippen molar-refractivity contribution in [1.29, 1.82) is 0 Å². The van der Waals surface area contributed by atoms with Crippen LogP contribution >= 0.6 is 0 Å². The van der Waals surface area contributed by atoms with Gasteiger partial charge in [-0.1, -0.05) is 132 Å². The van der Waals surface area contributed by atoms with Crippen molar-refractivity contribution < 1.29 is 66.2 Å². The number of esters is 2. The number of hydrazine groups is 2. The minimum absolute atomic E-state index is 0.0216. The number of hydrogen-bond donors (Lipinski definition) is 6. The fraction of sp³-hybridized carbons (Fsp3) is 0.550. The summed E-state index contributed by atoms with van der Waals surface area (Å²) in [7, 11) is -2.76. The average molecular weight is 1500 g/mol. The van der Waals surface area contributed by atoms with E-state index >= 15 is 0 Å². The second-order valence-corrected chi connectivity index (χ2v) is 41.4. The van der Waals surface area contributed by atoms with Crippen LogP contribution in [0.5, 0.6) is 11.5 Å². The highest BCUT2D eigenvalue weighted by atomic mass is 28.4. The molecule has 6 N–H and O–H groups in total. The largest absolute Gasteiger partial charge is 0.543 e. The number of benzene rings is 2. The van der Waals surface area contributed by atoms with Crippen molar-refractivity contribution in [2.24, 2.45) is 17.8 Å². The number of carbonyl (C=O) groups is 8. The van der Waals surface area contributed by atoms with Crippen molar-refractivity contribution in [2.75, 3.05) is 20.2 Å². The van der Waals surface area contributed by atoms with Gasteiger partial charge in [0.25, 0.3) is 11.8 Å². The SMILES string of the molecule is C=CCC[C@@H](OC)[C@@H](C)C(=O)N[C@H](C(=O)N[C@@H](Cc1cccc(O[Si](C)(C)C(C)(C)C)c1)C(=O)N1CCC[C@@H](C(=O)OCc2cc(C=C)ccn2)N1)C(C)C.C=Cc1ccnc(COC(=O)[C@@H]2CCCN(C(=O)[C@H](Cc3cccc(O[Si](C)(C)C(C)(C)C)c3)NC(=O)[C@@H](NC(=O)OC(C)(C)C)C(C)C)N2)c1. The summed E-state index contributed by atoms with van der Waals surface area (Å²) in [4.78, 5) is 117. The molecule has 0 bridgehead atoms. The van der Waals surface area contributed by atoms with E-state index in [-0.39, 0.29) is 60.0 Å². The lowest BCUT2D eigenvalue weighted by Gasteiger charge is -2.36. The summed E-state index contributed by atoms with van der Waals surface area (Å²) >= 11 is 0. The Bertz CT molecular complexity index is 3660. The Morgan fingerprint density at radius 3 is 1.37 bits per heavy atom. The Labute approximate surface area is 631 Å². The molecule has 0 aliphatic carbocycles. The van der Waals surface area contributed by atoms with Crippen LogP contribution in [-0.4, -0.2) is 152 Å². The molecule has 0 unspecified atom stereocenters. The van der Waals surface area contributed by atoms with E-state index in [2.05, 4.69) is 130 Å². The van der Waals surface area contributed by atoms with Gasteiger partial charge in [0, 0.05) is 45.4 Å². The van der Waals surface area contributed by atoms with Crippen LogP contribution in [0.2, 0.25) is 36.3 Å². The lowest BCUT2D eigenvalue weighted by atomic mass is 9.96. The zero-order chi connectivity index (χ0) is 79.1. The van der Waals surface area contributed by atoms with E-state index < -0.39 is 106 Å². The fourth-order valence-electron chi connectivity index (χ4n) is 11.1. The quantitative estimate of drug-likeness (QED) is 0.0115. The first kappa shape index (κ1) is 88.1. The first-order valence-electron chi connectivity index (χ1n) is 36.8. The van der Waals surface area contributed by atoms with Crippen LogP contribution in [0.3, 0.4) is 0 Å². The summed E-state index contributed by atoms with van der Waals surface area (Å²) in [5, 5.41) is 14.2. The zero-order valence-electron chi connectivity index (χ0n) is 66.2. The van der Waals surface area contributed by atoms with Gasteiger partial charge >= 0.3 is 18.0 Å². The van der Waals surface area contributed by atoms with Gasteiger partial charge in [-0.15, -0.1) is 6.58 Å². The van der Waals surface area contributed by atoms with E-state index in [4.69, 9.17) is 27.8 Å². The Hall–Kier alpha value is -8.57. The van der Waals surface area contributed by atoms with Gasteiger partial charge in [-0.3, -0.25) is 53.5 Å². The maximum atomic E-state index is 14.4. The van der Waals surface area contributed by atoms with Gasteiger partial charge in [-0.25, -0.2) is 15.6 Å². The van der Waals surface area contributed by atoms with Crippen LogP contribution in [0.25, 0.3) is 12.2 Å². The van der Waals surface area contributed by atoms with E-state index in [1.165, 1.54) is 10.0 Å². The van der Waals surface area contributed by atoms with Gasteiger partial charge in [0.1, 0.15) is 66.6 Å². The molecular weight excluding hydrogens is 1380 g/mol. The van der Waals surface area contributed by atoms with Crippen LogP contribution in [0.4, 0.5) is 4.79 Å². The highest BCUT2D eigenvalue weighted by Gasteiger charge is 2.42. The smallest absolute Gasteiger partial charge is 0.408 e. The van der Waals surface area contributed by atoms with Crippen LogP contribution in [-0.2, 0) is 78.6 Å². The molecule has 2 aromatic carbocycles. The molecule has 8 atom stereocenters. The molecule has 2 aromatic heterocycles. The maximum absolute atomic E-state index is 14.4. The normalized spacial score (nSPS) is 16.7. The maximum Gasteiger partial charge on any atom is 0.408 e. The number of amides is 6. The van der Waals surface area contributed by atoms with Gasteiger partial charge in [-0.05, 0) is 178 Å². The number of aromatic nitrogens is 2. The summed E-state index contributed by atoms with van der Waals surface area (Å²) in [5.74, 6) is -3.01. The fourth-order valence-corrected chi connectivity index (χ4v) is 13.1. The molecule has 2 saturated heterocycles. The Morgan fingerprint density at radius 1 is 0.585 bits per heavy atom. The number of nitrogens with one attached hydrogen (secondary N) is 6. The minimum Gasteiger partial charge on any atom is -0.543 e. The van der Waals surface area contributed by atoms with Crippen molar-refractivity contribution in [2.45, 2.75) is 246 Å². The molecule has 6 rings (SSSR count). The minimum atomic E-state index is -2.17. The second-order valence-electron chi connectivity index (χ2n) is 32.0. The highest BCUT2D eigenvalue weighted by molar-refractivity contribution is 6.75. The molecule has 2 fully saturated rings. The lowest BCUT2D eigenvalue weighted by Crippen LogP contribution is -2.62. The van der Waals surface area contributed by atoms with E-state index in [9.17, 15) is 38.4 Å². The second kappa shape index (κ2) is 39.9. The van der Waals surface area contributed by atoms with Crippen molar-refractivity contribution in [3.8, 4) is 11.5 Å². The number of nitrogens with zero attached hydrogens (tertiary/aromatic N) is 4. The molecule has 0 radical (unpaired) electrons. The third-order valence-corrected chi connectivity index (χ3v) is 28.1. The molecule has 106 heavy (non-hydrogen) atoms. The standard InChI is InChI=1S/C42H63N5O7Si.C38H57N5O7Si/c1-12-14-20-36(52-9)29(5)38(48)45-37(28(3)4)39(49)44-35(26-31-17-15-18-33(25-31)54-55(10,11)42(6,7)8)40(50)47-23-16-19-34(46-47)41(51)53-27-32-24-30(13-2)21-22-43-32;1-12-26-18-19-39-28(21-26)24-48-35(46)30-17-14-20-43(42-30)34(45)31(40-33(44)32(25(2)3)41-36(47)49-37(4,5)6)23-27-15-13-16-29(22-27)50-51(10,11)38(7,8)9/h12-13,15,17-18,21-22,24-25,28-29,34-37,46H,1-2,14,16,19-20,23,26-27H2,3-11H3,(H,44,49)(H,45,48);12-13,15-16,18-19,21-22,25,30-32,42H,1,14,17,20,23-24H2,2-11H3,(H,40,44)(H,41,47)/t29-,34+,35+,36-,37+;30-,31-,32-/m10/s1. The van der Waals surface area contributed by atoms with Gasteiger partial charge in [0.15, 0.2) is 0 Å². The molecule has 26 heteroatoms. The summed E-state index contributed by atoms with van der Waals surface area (Å²) < 4.78 is 35.2. The van der Waals surface area contributed by atoms with Crippen molar-refractivity contribution >= 4 is 76.4 Å². The first-order valence-corrected chi connectivity index (χ1v) is 42.6. The van der Waals surface area contributed by atoms with Gasteiger partial charge in [-0.2, -0.15) is 0 Å². The molecule has 6 amide bonds. The molecule has 2 aliphatic heterocycles. The summed E-state index contributed by atoms with van der Waals surface area (Å²) in [5.41, 5.74) is 9.74. The van der Waals surface area contributed by atoms with Crippen LogP contribution in [0.15, 0.2) is 111 Å². The number of allylic oxidation sites excluding steroid dienone is 1. The first-order chi connectivity index (χ1) is 49.6. The van der Waals surface area contributed by atoms with Crippen LogP contribution in [0, 0.1) is 17.8 Å². The number of ether oxygens (including phenoxy) is 4. The number of pyridine rings is 2. The average Bonchev–Trinajstić information content (AvgIpc) is 0.814. The number of hydrogen-bond acceptors (Lipinski definition) is 18. The van der Waals surface area contributed by atoms with Crippen molar-refractivity contribution in [3.05, 3.63) is 145 Å². The summed E-state index contributed by atoms with van der Waals surface area (Å²) in [6, 6.07) is 16.7. The predicted molar refractivity (Wildman–Crippen MR) is 418 cm³/mol. The van der Waals surface area contributed by atoms with Crippen LogP contribution in [0.1, 0.15) is 169 Å². The highest BCUT2D eigenvalue weighted by Crippen LogP contribution is 2.39. The third-order valence-electron chi connectivity index (χ3n) is 19.4.